The molecule has 0 spiro atoms. The molecule has 2 aromatic carbocycles. The molecule has 0 aliphatic heterocycles. The van der Waals surface area contributed by atoms with Crippen molar-refractivity contribution in [2.24, 2.45) is 0 Å². The van der Waals surface area contributed by atoms with Gasteiger partial charge in [-0.05, 0) is 41.4 Å². The molecule has 0 saturated heterocycles. The molecule has 5 nitrogen and oxygen atoms in total. The van der Waals surface area contributed by atoms with Gasteiger partial charge in [-0.25, -0.2) is 9.78 Å². The lowest BCUT2D eigenvalue weighted by Gasteiger charge is -2.10. The number of hydrogen-bond acceptors (Lipinski definition) is 4. The number of rotatable bonds is 3. The molecule has 0 aliphatic carbocycles. The number of phenols is 1. The zero-order valence-electron chi connectivity index (χ0n) is 11.4. The highest BCUT2D eigenvalue weighted by Crippen LogP contribution is 2.25. The average molecular weight is 292 g/mol. The number of carbonyl (C=O) groups is 1. The van der Waals surface area contributed by atoms with Gasteiger partial charge < -0.3 is 15.2 Å². The molecule has 0 unspecified atom stereocenters. The van der Waals surface area contributed by atoms with Gasteiger partial charge in [-0.3, -0.25) is 0 Å². The lowest BCUT2D eigenvalue weighted by molar-refractivity contribution is 0.0699. The molecule has 1 heterocycles. The van der Waals surface area contributed by atoms with E-state index in [1.807, 2.05) is 0 Å². The van der Waals surface area contributed by atoms with Gasteiger partial charge in [0.25, 0.3) is 0 Å². The van der Waals surface area contributed by atoms with E-state index in [-0.39, 0.29) is 11.3 Å². The van der Waals surface area contributed by atoms with Crippen LogP contribution in [0.3, 0.4) is 0 Å². The van der Waals surface area contributed by atoms with Crippen LogP contribution in [0.1, 0.15) is 10.4 Å². The Bertz CT molecular complexity index is 879. The Hall–Kier alpha value is -2.86. The number of aromatic carboxylic acids is 1. The minimum Gasteiger partial charge on any atom is -0.508 e. The zero-order valence-corrected chi connectivity index (χ0v) is 11.4. The fraction of sp³-hybridized carbons (Fsp3) is 0. The number of benzene rings is 2. The van der Waals surface area contributed by atoms with Crippen LogP contribution in [-0.4, -0.2) is 33.7 Å². The molecule has 6 heteroatoms. The predicted molar refractivity (Wildman–Crippen MR) is 83.4 cm³/mol. The first-order chi connectivity index (χ1) is 10.6. The lowest BCUT2D eigenvalue weighted by Crippen LogP contribution is -2.17. The van der Waals surface area contributed by atoms with Gasteiger partial charge in [-0.1, -0.05) is 18.2 Å². The first-order valence-electron chi connectivity index (χ1n) is 6.54. The zero-order chi connectivity index (χ0) is 15.7. The third-order valence-corrected chi connectivity index (χ3v) is 3.40. The third kappa shape index (κ3) is 2.40. The average Bonchev–Trinajstić information content (AvgIpc) is 2.53. The van der Waals surface area contributed by atoms with E-state index in [0.717, 1.165) is 7.48 Å². The maximum absolute atomic E-state index is 11.5. The molecule has 3 rings (SSSR count). The lowest BCUT2D eigenvalue weighted by atomic mass is 9.82. The second-order valence-electron chi connectivity index (χ2n) is 4.78. The van der Waals surface area contributed by atoms with Crippen LogP contribution in [0.5, 0.6) is 5.75 Å². The topological polar surface area (TPSA) is 90.7 Å². The van der Waals surface area contributed by atoms with Crippen LogP contribution < -0.4 is 5.46 Å². The maximum Gasteiger partial charge on any atom is 0.336 e. The number of hydrogen-bond donors (Lipinski definition) is 3. The second kappa shape index (κ2) is 5.50. The summed E-state index contributed by atoms with van der Waals surface area (Å²) in [4.78, 5) is 15.9. The Morgan fingerprint density at radius 3 is 2.59 bits per heavy atom. The molecule has 1 aromatic heterocycles. The Morgan fingerprint density at radius 2 is 1.86 bits per heavy atom. The molecular formula is C16H11BNO4. The van der Waals surface area contributed by atoms with E-state index in [1.165, 1.54) is 18.2 Å². The molecular weight excluding hydrogens is 281 g/mol. The summed E-state index contributed by atoms with van der Waals surface area (Å²) in [6.07, 6.45) is 0. The summed E-state index contributed by atoms with van der Waals surface area (Å²) < 4.78 is 0. The molecule has 0 bridgehead atoms. The van der Waals surface area contributed by atoms with Crippen molar-refractivity contribution in [1.29, 1.82) is 0 Å². The summed E-state index contributed by atoms with van der Waals surface area (Å²) in [5, 5.41) is 28.7. The first kappa shape index (κ1) is 14.1. The van der Waals surface area contributed by atoms with E-state index in [1.54, 1.807) is 30.3 Å². The van der Waals surface area contributed by atoms with Gasteiger partial charge in [0.2, 0.25) is 0 Å². The standard InChI is InChI=1S/C16H11BNO4/c19-9-5-6-11(13(7-9)17-22)15-8-12(16(20)21)10-3-1-2-4-14(10)18-15/h1-8,19,22H,(H,20,21). The number of carboxylic acids is 1. The highest BCUT2D eigenvalue weighted by atomic mass is 16.4. The predicted octanol–water partition coefficient (Wildman–Crippen LogP) is 1.54. The number of fused-ring (bicyclic) bond motifs is 1. The molecule has 107 valence electrons. The molecule has 3 N–H and O–H groups in total. The molecule has 0 saturated carbocycles. The molecule has 3 aromatic rings. The van der Waals surface area contributed by atoms with Crippen LogP contribution in [-0.2, 0) is 0 Å². The van der Waals surface area contributed by atoms with Crippen molar-refractivity contribution in [3.05, 3.63) is 54.1 Å². The molecule has 0 aliphatic rings. The third-order valence-electron chi connectivity index (χ3n) is 3.40. The van der Waals surface area contributed by atoms with E-state index in [0.29, 0.717) is 27.6 Å². The van der Waals surface area contributed by atoms with Crippen molar-refractivity contribution in [2.75, 3.05) is 0 Å². The number of pyridine rings is 1. The molecule has 0 amide bonds. The Balaban J connectivity index is 2.30. The van der Waals surface area contributed by atoms with Crippen LogP contribution in [0.25, 0.3) is 22.2 Å². The van der Waals surface area contributed by atoms with Crippen LogP contribution in [0, 0.1) is 0 Å². The fourth-order valence-corrected chi connectivity index (χ4v) is 2.38. The van der Waals surface area contributed by atoms with Crippen molar-refractivity contribution in [3.63, 3.8) is 0 Å². The van der Waals surface area contributed by atoms with E-state index >= 15 is 0 Å². The quantitative estimate of drug-likeness (QED) is 0.637. The van der Waals surface area contributed by atoms with Crippen molar-refractivity contribution in [1.82, 2.24) is 4.98 Å². The maximum atomic E-state index is 11.5. The van der Waals surface area contributed by atoms with E-state index in [4.69, 9.17) is 0 Å². The summed E-state index contributed by atoms with van der Waals surface area (Å²) in [5.74, 6) is -1.04. The largest absolute Gasteiger partial charge is 0.508 e. The van der Waals surface area contributed by atoms with E-state index in [2.05, 4.69) is 4.98 Å². The Labute approximate surface area is 126 Å². The van der Waals surface area contributed by atoms with Gasteiger partial charge in [0.15, 0.2) is 0 Å². The molecule has 22 heavy (non-hydrogen) atoms. The molecule has 1 radical (unpaired) electrons. The monoisotopic (exact) mass is 292 g/mol. The van der Waals surface area contributed by atoms with Gasteiger partial charge in [0, 0.05) is 5.39 Å². The number of aromatic nitrogens is 1. The van der Waals surface area contributed by atoms with Gasteiger partial charge in [0.05, 0.1) is 16.8 Å². The van der Waals surface area contributed by atoms with Gasteiger partial charge >= 0.3 is 13.5 Å². The summed E-state index contributed by atoms with van der Waals surface area (Å²) in [7, 11) is 0.854. The highest BCUT2D eigenvalue weighted by molar-refractivity contribution is 6.48. The Morgan fingerprint density at radius 1 is 1.09 bits per heavy atom. The van der Waals surface area contributed by atoms with Crippen LogP contribution in [0.2, 0.25) is 0 Å². The number of carboxylic acid groups (broad SMARTS) is 1. The van der Waals surface area contributed by atoms with Crippen LogP contribution >= 0.6 is 0 Å². The summed E-state index contributed by atoms with van der Waals surface area (Å²) in [6.45, 7) is 0. The van der Waals surface area contributed by atoms with Gasteiger partial charge in [-0.2, -0.15) is 0 Å². The summed E-state index contributed by atoms with van der Waals surface area (Å²) in [6, 6.07) is 12.8. The first-order valence-corrected chi connectivity index (χ1v) is 6.54. The van der Waals surface area contributed by atoms with Crippen molar-refractivity contribution >= 4 is 29.8 Å². The van der Waals surface area contributed by atoms with Gasteiger partial charge in [0.1, 0.15) is 5.75 Å². The smallest absolute Gasteiger partial charge is 0.336 e. The number of phenolic OH excluding ortho intramolecular Hbond substituents is 1. The minimum absolute atomic E-state index is 0.00305. The normalized spacial score (nSPS) is 10.6. The second-order valence-corrected chi connectivity index (χ2v) is 4.78. The number of para-hydroxylation sites is 1. The fourth-order valence-electron chi connectivity index (χ4n) is 2.38. The summed E-state index contributed by atoms with van der Waals surface area (Å²) >= 11 is 0. The van der Waals surface area contributed by atoms with Crippen LogP contribution in [0.15, 0.2) is 48.5 Å². The summed E-state index contributed by atoms with van der Waals surface area (Å²) in [5.41, 5.74) is 2.00. The van der Waals surface area contributed by atoms with Gasteiger partial charge in [-0.15, -0.1) is 0 Å². The SMILES string of the molecule is O=C(O)c1cc(-c2ccc(O)cc2[B]O)nc2ccccc12. The Kier molecular flexibility index (Phi) is 3.52. The van der Waals surface area contributed by atoms with Crippen molar-refractivity contribution < 1.29 is 20.0 Å². The highest BCUT2D eigenvalue weighted by Gasteiger charge is 2.15. The molecule has 0 atom stereocenters. The van der Waals surface area contributed by atoms with E-state index < -0.39 is 5.97 Å². The minimum atomic E-state index is -1.05. The molecule has 0 fully saturated rings. The number of nitrogens with zero attached hydrogens (tertiary/aromatic N) is 1. The van der Waals surface area contributed by atoms with E-state index in [9.17, 15) is 20.0 Å². The van der Waals surface area contributed by atoms with Crippen LogP contribution in [0.4, 0.5) is 0 Å². The van der Waals surface area contributed by atoms with Crippen molar-refractivity contribution in [3.8, 4) is 17.0 Å². The van der Waals surface area contributed by atoms with Crippen molar-refractivity contribution in [2.45, 2.75) is 0 Å². The number of aromatic hydroxyl groups is 1.